The quantitative estimate of drug-likeness (QED) is 0.452. The number of ether oxygens (including phenoxy) is 2. The summed E-state index contributed by atoms with van der Waals surface area (Å²) in [6, 6.07) is 13.6. The Bertz CT molecular complexity index is 985. The summed E-state index contributed by atoms with van der Waals surface area (Å²) in [7, 11) is 0. The van der Waals surface area contributed by atoms with Gasteiger partial charge in [0, 0.05) is 17.5 Å². The predicted octanol–water partition coefficient (Wildman–Crippen LogP) is 4.88. The van der Waals surface area contributed by atoms with Crippen LogP contribution >= 0.6 is 0 Å². The van der Waals surface area contributed by atoms with Gasteiger partial charge in [0.1, 0.15) is 11.6 Å². The van der Waals surface area contributed by atoms with Crippen molar-refractivity contribution >= 4 is 16.9 Å². The van der Waals surface area contributed by atoms with Gasteiger partial charge in [0.2, 0.25) is 0 Å². The molecular weight excluding hydrogens is 357 g/mol. The molecule has 0 saturated heterocycles. The minimum atomic E-state index is -0.297. The molecule has 2 aromatic carbocycles. The molecule has 0 unspecified atom stereocenters. The Balaban J connectivity index is 1.42. The van der Waals surface area contributed by atoms with E-state index in [1.807, 2.05) is 24.3 Å². The van der Waals surface area contributed by atoms with E-state index in [-0.39, 0.29) is 18.4 Å². The summed E-state index contributed by atoms with van der Waals surface area (Å²) in [6.07, 6.45) is 4.51. The third kappa shape index (κ3) is 3.98. The number of para-hydroxylation sites is 1. The number of rotatable bonds is 6. The van der Waals surface area contributed by atoms with E-state index in [1.165, 1.54) is 12.1 Å². The van der Waals surface area contributed by atoms with Crippen molar-refractivity contribution in [1.29, 1.82) is 0 Å². The van der Waals surface area contributed by atoms with E-state index < -0.39 is 0 Å². The Morgan fingerprint density at radius 3 is 2.64 bits per heavy atom. The van der Waals surface area contributed by atoms with E-state index in [1.54, 1.807) is 12.1 Å². The van der Waals surface area contributed by atoms with Gasteiger partial charge in [-0.3, -0.25) is 4.98 Å². The zero-order valence-electron chi connectivity index (χ0n) is 15.6. The second-order valence-electron chi connectivity index (χ2n) is 6.93. The molecule has 0 saturated carbocycles. The second-order valence-corrected chi connectivity index (χ2v) is 6.93. The van der Waals surface area contributed by atoms with Crippen LogP contribution in [0.4, 0.5) is 4.39 Å². The van der Waals surface area contributed by atoms with Crippen LogP contribution in [0.3, 0.4) is 0 Å². The molecule has 0 bridgehead atoms. The van der Waals surface area contributed by atoms with Gasteiger partial charge in [0.05, 0.1) is 24.3 Å². The summed E-state index contributed by atoms with van der Waals surface area (Å²) < 4.78 is 24.0. The normalized spacial score (nSPS) is 13.2. The highest BCUT2D eigenvalue weighted by molar-refractivity contribution is 6.05. The maximum Gasteiger partial charge on any atom is 0.339 e. The van der Waals surface area contributed by atoms with Crippen molar-refractivity contribution < 1.29 is 18.7 Å². The number of carbonyl (C=O) groups excluding carboxylic acids is 1. The SMILES string of the molecule is O=C(OCCCOc1ccc(F)cc1)c1c2c(nc3ccccc13)CCCC2. The number of benzene rings is 2. The number of halogens is 1. The van der Waals surface area contributed by atoms with E-state index >= 15 is 0 Å². The van der Waals surface area contributed by atoms with Crippen LogP contribution in [0.15, 0.2) is 48.5 Å². The molecule has 5 heteroatoms. The lowest BCUT2D eigenvalue weighted by Crippen LogP contribution is -2.16. The van der Waals surface area contributed by atoms with E-state index in [2.05, 4.69) is 0 Å². The molecule has 28 heavy (non-hydrogen) atoms. The lowest BCUT2D eigenvalue weighted by atomic mass is 9.90. The third-order valence-electron chi connectivity index (χ3n) is 4.98. The van der Waals surface area contributed by atoms with Gasteiger partial charge in [-0.05, 0) is 61.6 Å². The van der Waals surface area contributed by atoms with Gasteiger partial charge < -0.3 is 9.47 Å². The van der Waals surface area contributed by atoms with Crippen molar-refractivity contribution in [2.24, 2.45) is 0 Å². The molecule has 1 aliphatic rings. The molecule has 0 atom stereocenters. The number of aromatic nitrogens is 1. The monoisotopic (exact) mass is 379 g/mol. The van der Waals surface area contributed by atoms with Crippen LogP contribution in [0.2, 0.25) is 0 Å². The van der Waals surface area contributed by atoms with Gasteiger partial charge in [-0.2, -0.15) is 0 Å². The van der Waals surface area contributed by atoms with Crippen molar-refractivity contribution in [3.8, 4) is 5.75 Å². The second kappa shape index (κ2) is 8.38. The number of nitrogens with zero attached hydrogens (tertiary/aromatic N) is 1. The molecule has 0 aliphatic heterocycles. The fourth-order valence-electron chi connectivity index (χ4n) is 3.62. The lowest BCUT2D eigenvalue weighted by molar-refractivity contribution is 0.0486. The first-order valence-corrected chi connectivity index (χ1v) is 9.68. The zero-order chi connectivity index (χ0) is 19.3. The van der Waals surface area contributed by atoms with Crippen LogP contribution in [-0.4, -0.2) is 24.2 Å². The van der Waals surface area contributed by atoms with E-state index in [0.717, 1.165) is 47.8 Å². The van der Waals surface area contributed by atoms with Gasteiger partial charge in [-0.1, -0.05) is 18.2 Å². The molecule has 1 aromatic heterocycles. The molecular formula is C23H22FNO3. The van der Waals surface area contributed by atoms with Gasteiger partial charge in [-0.25, -0.2) is 9.18 Å². The Labute approximate surface area is 163 Å². The van der Waals surface area contributed by atoms with Crippen LogP contribution in [0.25, 0.3) is 10.9 Å². The Morgan fingerprint density at radius 1 is 1.00 bits per heavy atom. The van der Waals surface area contributed by atoms with Gasteiger partial charge >= 0.3 is 5.97 Å². The number of carbonyl (C=O) groups is 1. The number of esters is 1. The highest BCUT2D eigenvalue weighted by atomic mass is 19.1. The van der Waals surface area contributed by atoms with Crippen LogP contribution in [-0.2, 0) is 17.6 Å². The Morgan fingerprint density at radius 2 is 1.79 bits per heavy atom. The van der Waals surface area contributed by atoms with Crippen molar-refractivity contribution in [3.05, 3.63) is 71.2 Å². The summed E-state index contributed by atoms with van der Waals surface area (Å²) in [6.45, 7) is 0.666. The Hall–Kier alpha value is -2.95. The number of fused-ring (bicyclic) bond motifs is 2. The summed E-state index contributed by atoms with van der Waals surface area (Å²) in [5.74, 6) is 0.00893. The zero-order valence-corrected chi connectivity index (χ0v) is 15.6. The van der Waals surface area contributed by atoms with Crippen LogP contribution in [0.5, 0.6) is 5.75 Å². The predicted molar refractivity (Wildman–Crippen MR) is 105 cm³/mol. The number of pyridine rings is 1. The highest BCUT2D eigenvalue weighted by Crippen LogP contribution is 2.29. The Kier molecular flexibility index (Phi) is 5.51. The van der Waals surface area contributed by atoms with Crippen molar-refractivity contribution in [1.82, 2.24) is 4.98 Å². The number of hydrogen-bond acceptors (Lipinski definition) is 4. The molecule has 4 rings (SSSR count). The molecule has 0 fully saturated rings. The standard InChI is InChI=1S/C23H22FNO3/c24-16-10-12-17(13-11-16)27-14-5-15-28-23(26)22-18-6-1-3-8-20(18)25-21-9-4-2-7-19(21)22/h1,3,6,8,10-13H,2,4-5,7,9,14-15H2. The van der Waals surface area contributed by atoms with Crippen molar-refractivity contribution in [2.75, 3.05) is 13.2 Å². The topological polar surface area (TPSA) is 48.4 Å². The minimum absolute atomic E-state index is 0.269. The number of hydrogen-bond donors (Lipinski definition) is 0. The van der Waals surface area contributed by atoms with E-state index in [0.29, 0.717) is 24.3 Å². The molecule has 0 radical (unpaired) electrons. The van der Waals surface area contributed by atoms with Crippen molar-refractivity contribution in [2.45, 2.75) is 32.1 Å². The maximum atomic E-state index is 12.9. The maximum absolute atomic E-state index is 12.9. The fraction of sp³-hybridized carbons (Fsp3) is 0.304. The molecule has 0 amide bonds. The first kappa shape index (κ1) is 18.4. The fourth-order valence-corrected chi connectivity index (χ4v) is 3.62. The lowest BCUT2D eigenvalue weighted by Gasteiger charge is -2.20. The van der Waals surface area contributed by atoms with Crippen LogP contribution in [0.1, 0.15) is 40.9 Å². The molecule has 1 aliphatic carbocycles. The number of aryl methyl sites for hydroxylation is 1. The molecule has 1 heterocycles. The third-order valence-corrected chi connectivity index (χ3v) is 4.98. The first-order chi connectivity index (χ1) is 13.7. The average Bonchev–Trinajstić information content (AvgIpc) is 2.73. The van der Waals surface area contributed by atoms with Gasteiger partial charge in [0.25, 0.3) is 0 Å². The molecule has 0 N–H and O–H groups in total. The molecule has 0 spiro atoms. The summed E-state index contributed by atoms with van der Waals surface area (Å²) in [4.78, 5) is 17.6. The van der Waals surface area contributed by atoms with E-state index in [4.69, 9.17) is 14.5 Å². The first-order valence-electron chi connectivity index (χ1n) is 9.68. The van der Waals surface area contributed by atoms with Gasteiger partial charge in [-0.15, -0.1) is 0 Å². The van der Waals surface area contributed by atoms with Crippen molar-refractivity contribution in [3.63, 3.8) is 0 Å². The van der Waals surface area contributed by atoms with Gasteiger partial charge in [0.15, 0.2) is 0 Å². The highest BCUT2D eigenvalue weighted by Gasteiger charge is 2.23. The molecule has 4 nitrogen and oxygen atoms in total. The minimum Gasteiger partial charge on any atom is -0.493 e. The average molecular weight is 379 g/mol. The molecule has 144 valence electrons. The molecule has 3 aromatic rings. The smallest absolute Gasteiger partial charge is 0.339 e. The van der Waals surface area contributed by atoms with Crippen LogP contribution in [0, 0.1) is 5.82 Å². The summed E-state index contributed by atoms with van der Waals surface area (Å²) in [5, 5.41) is 0.857. The largest absolute Gasteiger partial charge is 0.493 e. The van der Waals surface area contributed by atoms with E-state index in [9.17, 15) is 9.18 Å². The summed E-state index contributed by atoms with van der Waals surface area (Å²) in [5.41, 5.74) is 3.57. The summed E-state index contributed by atoms with van der Waals surface area (Å²) >= 11 is 0. The van der Waals surface area contributed by atoms with Crippen LogP contribution < -0.4 is 4.74 Å².